The van der Waals surface area contributed by atoms with Crippen molar-refractivity contribution in [1.29, 1.82) is 0 Å². The minimum Gasteiger partial charge on any atom is -0.465 e. The van der Waals surface area contributed by atoms with E-state index in [4.69, 9.17) is 9.47 Å². The molecule has 1 aliphatic heterocycles. The van der Waals surface area contributed by atoms with Crippen LogP contribution >= 0.6 is 23.1 Å². The molecule has 38 heavy (non-hydrogen) atoms. The van der Waals surface area contributed by atoms with Crippen LogP contribution in [0.3, 0.4) is 0 Å². The van der Waals surface area contributed by atoms with Crippen molar-refractivity contribution in [2.45, 2.75) is 82.9 Å². The molecule has 1 saturated heterocycles. The van der Waals surface area contributed by atoms with Gasteiger partial charge in [-0.2, -0.15) is 0 Å². The molecule has 1 unspecified atom stereocenters. The molecule has 1 aromatic heterocycles. The highest BCUT2D eigenvalue weighted by atomic mass is 32.2. The van der Waals surface area contributed by atoms with Gasteiger partial charge in [0.1, 0.15) is 17.7 Å². The van der Waals surface area contributed by atoms with Crippen LogP contribution in [0.15, 0.2) is 47.8 Å². The van der Waals surface area contributed by atoms with Crippen LogP contribution in [0.1, 0.15) is 63.2 Å². The van der Waals surface area contributed by atoms with E-state index in [9.17, 15) is 14.4 Å². The molecular weight excluding hydrogens is 520 g/mol. The summed E-state index contributed by atoms with van der Waals surface area (Å²) in [7, 11) is 0. The first-order chi connectivity index (χ1) is 18.1. The molecule has 2 heterocycles. The molecular formula is C29H40N2O5S2. The predicted octanol–water partition coefficient (Wildman–Crippen LogP) is 5.01. The number of amides is 1. The zero-order valence-corrected chi connectivity index (χ0v) is 24.6. The Morgan fingerprint density at radius 1 is 1.11 bits per heavy atom. The van der Waals surface area contributed by atoms with Gasteiger partial charge in [0.2, 0.25) is 5.91 Å². The molecule has 208 valence electrons. The van der Waals surface area contributed by atoms with Gasteiger partial charge in [0, 0.05) is 17.2 Å². The molecule has 7 nitrogen and oxygen atoms in total. The third-order valence-corrected chi connectivity index (χ3v) is 8.71. The average Bonchev–Trinajstić information content (AvgIpc) is 3.36. The number of rotatable bonds is 11. The van der Waals surface area contributed by atoms with E-state index < -0.39 is 29.7 Å². The number of aryl methyl sites for hydroxylation is 1. The first kappa shape index (κ1) is 30.2. The number of carbonyl (C=O) groups excluding carboxylic acids is 3. The van der Waals surface area contributed by atoms with Crippen LogP contribution in [0.2, 0.25) is 0 Å². The lowest BCUT2D eigenvalue weighted by Crippen LogP contribution is -2.56. The van der Waals surface area contributed by atoms with Crippen LogP contribution in [-0.4, -0.2) is 65.4 Å². The van der Waals surface area contributed by atoms with Gasteiger partial charge in [-0.15, -0.1) is 23.1 Å². The average molecular weight is 561 g/mol. The summed E-state index contributed by atoms with van der Waals surface area (Å²) in [6, 6.07) is 12.0. The number of hydrogen-bond donors (Lipinski definition) is 1. The largest absolute Gasteiger partial charge is 0.465 e. The third kappa shape index (κ3) is 8.58. The number of ether oxygens (including phenoxy) is 2. The van der Waals surface area contributed by atoms with E-state index in [1.165, 1.54) is 0 Å². The topological polar surface area (TPSA) is 84.9 Å². The Morgan fingerprint density at radius 3 is 2.45 bits per heavy atom. The van der Waals surface area contributed by atoms with Crippen molar-refractivity contribution in [1.82, 2.24) is 10.2 Å². The smallest absolute Gasteiger partial charge is 0.329 e. The van der Waals surface area contributed by atoms with Crippen molar-refractivity contribution in [3.8, 4) is 0 Å². The highest BCUT2D eigenvalue weighted by Gasteiger charge is 2.41. The van der Waals surface area contributed by atoms with E-state index in [1.54, 1.807) is 34.9 Å². The molecule has 3 rings (SSSR count). The van der Waals surface area contributed by atoms with Gasteiger partial charge in [-0.1, -0.05) is 43.3 Å². The monoisotopic (exact) mass is 560 g/mol. The Bertz CT molecular complexity index is 1040. The van der Waals surface area contributed by atoms with Crippen LogP contribution < -0.4 is 5.32 Å². The summed E-state index contributed by atoms with van der Waals surface area (Å²) < 4.78 is 11.1. The lowest BCUT2D eigenvalue weighted by atomic mass is 10.0. The summed E-state index contributed by atoms with van der Waals surface area (Å²) in [6.45, 7) is 9.81. The summed E-state index contributed by atoms with van der Waals surface area (Å²) in [5.41, 5.74) is 0.450. The van der Waals surface area contributed by atoms with Gasteiger partial charge in [-0.3, -0.25) is 14.9 Å². The zero-order chi connectivity index (χ0) is 27.7. The van der Waals surface area contributed by atoms with Crippen molar-refractivity contribution in [3.05, 3.63) is 58.3 Å². The molecule has 0 bridgehead atoms. The highest BCUT2D eigenvalue weighted by molar-refractivity contribution is 7.99. The van der Waals surface area contributed by atoms with Crippen LogP contribution in [0.5, 0.6) is 0 Å². The van der Waals surface area contributed by atoms with Gasteiger partial charge in [0.15, 0.2) is 0 Å². The first-order valence-electron chi connectivity index (χ1n) is 13.3. The minimum absolute atomic E-state index is 0.0209. The molecule has 0 radical (unpaired) electrons. The molecule has 1 aliphatic rings. The normalized spacial score (nSPS) is 19.9. The molecule has 0 aliphatic carbocycles. The van der Waals surface area contributed by atoms with E-state index >= 15 is 0 Å². The zero-order valence-electron chi connectivity index (χ0n) is 23.0. The first-order valence-corrected chi connectivity index (χ1v) is 15.2. The molecule has 1 amide bonds. The summed E-state index contributed by atoms with van der Waals surface area (Å²) in [5.74, 6) is -0.492. The molecule has 0 spiro atoms. The molecule has 1 aromatic carbocycles. The molecule has 4 atom stereocenters. The summed E-state index contributed by atoms with van der Waals surface area (Å²) in [6.07, 6.45) is 1.60. The second-order valence-corrected chi connectivity index (χ2v) is 12.5. The standard InChI is InChI=1S/C29H40N2O5S2/c1-6-23(28(34)36-29(3,4)5)31-18-25(24-14-11-17-37-24)38-19-22(26(31)32)30-21(27(33)35-7-2)16-15-20-12-9-8-10-13-20/h8-14,17,21-23,25,30H,6-7,15-16,18-19H2,1-5H3/t21-,22-,23?,25-/m0/s1. The fourth-order valence-corrected chi connectivity index (χ4v) is 6.69. The SMILES string of the molecule is CCOC(=O)[C@H](CCc1ccccc1)N[C@H]1CS[C@H](c2cccs2)CN(C(CC)C(=O)OC(C)(C)C)C1=O. The van der Waals surface area contributed by atoms with Gasteiger partial charge in [-0.05, 0) is 64.0 Å². The van der Waals surface area contributed by atoms with Gasteiger partial charge in [0.05, 0.1) is 17.9 Å². The minimum atomic E-state index is -0.711. The maximum atomic E-state index is 14.0. The molecule has 2 aromatic rings. The highest BCUT2D eigenvalue weighted by Crippen LogP contribution is 2.37. The van der Waals surface area contributed by atoms with Crippen molar-refractivity contribution >= 4 is 40.9 Å². The van der Waals surface area contributed by atoms with Crippen molar-refractivity contribution in [3.63, 3.8) is 0 Å². The second-order valence-electron chi connectivity index (χ2n) is 10.3. The molecule has 0 saturated carbocycles. The van der Waals surface area contributed by atoms with Gasteiger partial charge < -0.3 is 14.4 Å². The summed E-state index contributed by atoms with van der Waals surface area (Å²) in [5, 5.41) is 5.37. The van der Waals surface area contributed by atoms with E-state index in [2.05, 4.69) is 11.4 Å². The van der Waals surface area contributed by atoms with Crippen LogP contribution in [0.4, 0.5) is 0 Å². The Kier molecular flexibility index (Phi) is 11.2. The number of benzene rings is 1. The Balaban J connectivity index is 1.86. The number of nitrogens with zero attached hydrogens (tertiary/aromatic N) is 1. The van der Waals surface area contributed by atoms with Crippen molar-refractivity contribution < 1.29 is 23.9 Å². The fraction of sp³-hybridized carbons (Fsp3) is 0.552. The Morgan fingerprint density at radius 2 is 1.84 bits per heavy atom. The van der Waals surface area contributed by atoms with Crippen LogP contribution in [0.25, 0.3) is 0 Å². The fourth-order valence-electron chi connectivity index (χ4n) is 4.45. The van der Waals surface area contributed by atoms with Gasteiger partial charge in [-0.25, -0.2) is 4.79 Å². The molecule has 1 N–H and O–H groups in total. The lowest BCUT2D eigenvalue weighted by molar-refractivity contribution is -0.165. The molecule has 9 heteroatoms. The quantitative estimate of drug-likeness (QED) is 0.387. The summed E-state index contributed by atoms with van der Waals surface area (Å²) >= 11 is 3.32. The van der Waals surface area contributed by atoms with E-state index in [0.29, 0.717) is 31.6 Å². The van der Waals surface area contributed by atoms with Crippen molar-refractivity contribution in [2.24, 2.45) is 0 Å². The van der Waals surface area contributed by atoms with E-state index in [0.717, 1.165) is 10.4 Å². The second kappa shape index (κ2) is 14.1. The lowest BCUT2D eigenvalue weighted by Gasteiger charge is -2.34. The third-order valence-electron chi connectivity index (χ3n) is 6.25. The molecule has 1 fully saturated rings. The number of thioether (sulfide) groups is 1. The number of thiophene rings is 1. The summed E-state index contributed by atoms with van der Waals surface area (Å²) in [4.78, 5) is 43.0. The Hall–Kier alpha value is -2.36. The van der Waals surface area contributed by atoms with Crippen LogP contribution in [0, 0.1) is 0 Å². The number of carbonyl (C=O) groups is 3. The van der Waals surface area contributed by atoms with E-state index in [1.807, 2.05) is 69.5 Å². The van der Waals surface area contributed by atoms with E-state index in [-0.39, 0.29) is 23.7 Å². The maximum absolute atomic E-state index is 14.0. The Labute approximate surface area is 234 Å². The van der Waals surface area contributed by atoms with Gasteiger partial charge >= 0.3 is 11.9 Å². The predicted molar refractivity (Wildman–Crippen MR) is 153 cm³/mol. The number of esters is 2. The number of nitrogens with one attached hydrogen (secondary N) is 1. The van der Waals surface area contributed by atoms with Gasteiger partial charge in [0.25, 0.3) is 0 Å². The maximum Gasteiger partial charge on any atom is 0.329 e. The van der Waals surface area contributed by atoms with Crippen LogP contribution in [-0.2, 0) is 30.3 Å². The van der Waals surface area contributed by atoms with Crippen molar-refractivity contribution in [2.75, 3.05) is 18.9 Å². The number of hydrogen-bond acceptors (Lipinski definition) is 8.